The Balaban J connectivity index is 1.48. The maximum absolute atomic E-state index is 13.3. The van der Waals surface area contributed by atoms with Gasteiger partial charge < -0.3 is 4.42 Å². The van der Waals surface area contributed by atoms with E-state index in [-0.39, 0.29) is 36.6 Å². The summed E-state index contributed by atoms with van der Waals surface area (Å²) >= 11 is 0. The highest BCUT2D eigenvalue weighted by molar-refractivity contribution is 6.21. The monoisotopic (exact) mass is 337 g/mol. The molecule has 25 heavy (non-hydrogen) atoms. The summed E-state index contributed by atoms with van der Waals surface area (Å²) in [6.07, 6.45) is 0.230. The van der Waals surface area contributed by atoms with Gasteiger partial charge in [0.15, 0.2) is 0 Å². The Morgan fingerprint density at radius 2 is 1.68 bits per heavy atom. The molecular weight excluding hydrogens is 325 g/mol. The van der Waals surface area contributed by atoms with Gasteiger partial charge in [-0.25, -0.2) is 4.39 Å². The number of hydrogen-bond acceptors (Lipinski definition) is 5. The van der Waals surface area contributed by atoms with Crippen molar-refractivity contribution in [3.63, 3.8) is 0 Å². The molecule has 124 valence electrons. The van der Waals surface area contributed by atoms with Crippen molar-refractivity contribution in [3.8, 4) is 11.5 Å². The molecule has 0 unspecified atom stereocenters. The lowest BCUT2D eigenvalue weighted by Gasteiger charge is -2.11. The number of halogens is 1. The molecule has 0 bridgehead atoms. The summed E-state index contributed by atoms with van der Waals surface area (Å²) in [7, 11) is 0. The van der Waals surface area contributed by atoms with Gasteiger partial charge >= 0.3 is 0 Å². The molecule has 0 N–H and O–H groups in total. The zero-order valence-corrected chi connectivity index (χ0v) is 13.0. The Labute approximate surface area is 141 Å². The van der Waals surface area contributed by atoms with E-state index >= 15 is 0 Å². The first-order chi connectivity index (χ1) is 12.1. The van der Waals surface area contributed by atoms with E-state index in [4.69, 9.17) is 4.42 Å². The van der Waals surface area contributed by atoms with Crippen LogP contribution in [0.4, 0.5) is 4.39 Å². The van der Waals surface area contributed by atoms with E-state index in [0.29, 0.717) is 16.7 Å². The van der Waals surface area contributed by atoms with E-state index in [2.05, 4.69) is 10.2 Å². The summed E-state index contributed by atoms with van der Waals surface area (Å²) in [5.41, 5.74) is 1.27. The molecule has 0 fully saturated rings. The Bertz CT molecular complexity index is 948. The smallest absolute Gasteiger partial charge is 0.261 e. The number of rotatable bonds is 4. The summed E-state index contributed by atoms with van der Waals surface area (Å²) in [6.45, 7) is 0.136. The van der Waals surface area contributed by atoms with Crippen molar-refractivity contribution in [2.75, 3.05) is 6.54 Å². The van der Waals surface area contributed by atoms with Crippen molar-refractivity contribution in [1.82, 2.24) is 15.1 Å². The molecule has 0 spiro atoms. The fourth-order valence-corrected chi connectivity index (χ4v) is 2.74. The summed E-state index contributed by atoms with van der Waals surface area (Å²) < 4.78 is 18.8. The van der Waals surface area contributed by atoms with Crippen molar-refractivity contribution in [2.45, 2.75) is 6.42 Å². The summed E-state index contributed by atoms with van der Waals surface area (Å²) in [6, 6.07) is 12.5. The molecule has 0 saturated heterocycles. The predicted molar refractivity (Wildman–Crippen MR) is 85.2 cm³/mol. The normalized spacial score (nSPS) is 13.4. The van der Waals surface area contributed by atoms with Gasteiger partial charge in [0.1, 0.15) is 5.82 Å². The molecule has 0 radical (unpaired) electrons. The van der Waals surface area contributed by atoms with Gasteiger partial charge in [-0.3, -0.25) is 14.5 Å². The molecule has 1 aliphatic rings. The van der Waals surface area contributed by atoms with Crippen molar-refractivity contribution >= 4 is 11.8 Å². The van der Waals surface area contributed by atoms with E-state index in [1.807, 2.05) is 0 Å². The minimum atomic E-state index is -0.400. The quantitative estimate of drug-likeness (QED) is 0.684. The van der Waals surface area contributed by atoms with Crippen LogP contribution in [0.3, 0.4) is 0 Å². The summed E-state index contributed by atoms with van der Waals surface area (Å²) in [5, 5.41) is 7.77. The average molecular weight is 337 g/mol. The molecule has 0 saturated carbocycles. The first-order valence-electron chi connectivity index (χ1n) is 7.67. The number of aromatic nitrogens is 2. The molecule has 2 heterocycles. The third-order valence-corrected chi connectivity index (χ3v) is 3.97. The van der Waals surface area contributed by atoms with Crippen LogP contribution in [0.1, 0.15) is 26.6 Å². The third-order valence-electron chi connectivity index (χ3n) is 3.97. The maximum Gasteiger partial charge on any atom is 0.261 e. The third kappa shape index (κ3) is 2.69. The first-order valence-corrected chi connectivity index (χ1v) is 7.67. The first kappa shape index (κ1) is 15.2. The summed E-state index contributed by atoms with van der Waals surface area (Å²) in [4.78, 5) is 25.7. The van der Waals surface area contributed by atoms with Gasteiger partial charge in [0.05, 0.1) is 11.1 Å². The molecule has 1 aromatic heterocycles. The van der Waals surface area contributed by atoms with Gasteiger partial charge in [0.2, 0.25) is 11.8 Å². The van der Waals surface area contributed by atoms with Crippen LogP contribution < -0.4 is 0 Å². The van der Waals surface area contributed by atoms with Crippen LogP contribution in [0, 0.1) is 5.82 Å². The Hall–Kier alpha value is -3.35. The number of benzene rings is 2. The van der Waals surface area contributed by atoms with E-state index in [0.717, 1.165) is 4.90 Å². The van der Waals surface area contributed by atoms with Gasteiger partial charge in [-0.1, -0.05) is 18.2 Å². The highest BCUT2D eigenvalue weighted by Crippen LogP contribution is 2.23. The van der Waals surface area contributed by atoms with Gasteiger partial charge in [-0.2, -0.15) is 0 Å². The highest BCUT2D eigenvalue weighted by atomic mass is 19.1. The van der Waals surface area contributed by atoms with Crippen LogP contribution in [-0.4, -0.2) is 33.5 Å². The molecular formula is C18H12FN3O3. The van der Waals surface area contributed by atoms with Crippen molar-refractivity contribution in [3.05, 3.63) is 71.4 Å². The average Bonchev–Trinajstić information content (AvgIpc) is 3.18. The minimum absolute atomic E-state index is 0.136. The topological polar surface area (TPSA) is 76.3 Å². The fraction of sp³-hybridized carbons (Fsp3) is 0.111. The lowest BCUT2D eigenvalue weighted by Crippen LogP contribution is -2.31. The number of fused-ring (bicyclic) bond motifs is 1. The standard InChI is InChI=1S/C18H12FN3O3/c19-12-5-3-4-11(10-12)16-21-20-15(25-16)8-9-22-17(23)13-6-1-2-7-14(13)18(22)24/h1-7,10H,8-9H2. The van der Waals surface area contributed by atoms with E-state index < -0.39 is 5.82 Å². The highest BCUT2D eigenvalue weighted by Gasteiger charge is 2.34. The van der Waals surface area contributed by atoms with Crippen LogP contribution in [-0.2, 0) is 6.42 Å². The van der Waals surface area contributed by atoms with E-state index in [9.17, 15) is 14.0 Å². The fourth-order valence-electron chi connectivity index (χ4n) is 2.74. The van der Waals surface area contributed by atoms with E-state index in [1.165, 1.54) is 12.1 Å². The number of carbonyl (C=O) groups excluding carboxylic acids is 2. The van der Waals surface area contributed by atoms with Crippen LogP contribution in [0.25, 0.3) is 11.5 Å². The molecule has 7 heteroatoms. The second kappa shape index (κ2) is 5.94. The molecule has 0 atom stereocenters. The van der Waals surface area contributed by atoms with Gasteiger partial charge in [0.25, 0.3) is 11.8 Å². The maximum atomic E-state index is 13.3. The molecule has 2 amide bonds. The minimum Gasteiger partial charge on any atom is -0.421 e. The van der Waals surface area contributed by atoms with Crippen LogP contribution in [0.5, 0.6) is 0 Å². The molecule has 0 aliphatic carbocycles. The zero-order chi connectivity index (χ0) is 17.4. The lowest BCUT2D eigenvalue weighted by atomic mass is 10.1. The van der Waals surface area contributed by atoms with Gasteiger partial charge in [-0.15, -0.1) is 10.2 Å². The molecule has 1 aliphatic heterocycles. The van der Waals surface area contributed by atoms with E-state index in [1.54, 1.807) is 36.4 Å². The SMILES string of the molecule is O=C1c2ccccc2C(=O)N1CCc1nnc(-c2cccc(F)c2)o1. The summed E-state index contributed by atoms with van der Waals surface area (Å²) in [5.74, 6) is -0.591. The Morgan fingerprint density at radius 3 is 2.36 bits per heavy atom. The molecule has 3 aromatic rings. The van der Waals surface area contributed by atoms with Gasteiger partial charge in [0, 0.05) is 18.5 Å². The van der Waals surface area contributed by atoms with Crippen molar-refractivity contribution in [2.24, 2.45) is 0 Å². The van der Waals surface area contributed by atoms with Crippen LogP contribution in [0.15, 0.2) is 52.9 Å². The second-order valence-electron chi connectivity index (χ2n) is 5.57. The largest absolute Gasteiger partial charge is 0.421 e. The molecule has 6 nitrogen and oxygen atoms in total. The lowest BCUT2D eigenvalue weighted by molar-refractivity contribution is 0.0654. The second-order valence-corrected chi connectivity index (χ2v) is 5.57. The van der Waals surface area contributed by atoms with Crippen molar-refractivity contribution in [1.29, 1.82) is 0 Å². The number of amides is 2. The van der Waals surface area contributed by atoms with Crippen molar-refractivity contribution < 1.29 is 18.4 Å². The molecule has 4 rings (SSSR count). The zero-order valence-electron chi connectivity index (χ0n) is 13.0. The Morgan fingerprint density at radius 1 is 0.960 bits per heavy atom. The number of hydrogen-bond donors (Lipinski definition) is 0. The predicted octanol–water partition coefficient (Wildman–Crippen LogP) is 2.71. The molecule has 2 aromatic carbocycles. The number of imide groups is 1. The number of nitrogens with zero attached hydrogens (tertiary/aromatic N) is 3. The van der Waals surface area contributed by atoms with Crippen LogP contribution in [0.2, 0.25) is 0 Å². The number of carbonyl (C=O) groups is 2. The van der Waals surface area contributed by atoms with Gasteiger partial charge in [-0.05, 0) is 30.3 Å². The Kier molecular flexibility index (Phi) is 3.61. The van der Waals surface area contributed by atoms with Crippen LogP contribution >= 0.6 is 0 Å².